The van der Waals surface area contributed by atoms with Gasteiger partial charge in [-0.05, 0) is 43.2 Å². The number of sulfonamides is 1. The Kier molecular flexibility index (Phi) is 5.76. The molecule has 0 spiro atoms. The van der Waals surface area contributed by atoms with Crippen LogP contribution in [0.4, 0.5) is 10.1 Å². The number of carbonyl (C=O) groups is 2. The number of benzene rings is 2. The minimum Gasteiger partial charge on any atom is -0.465 e. The van der Waals surface area contributed by atoms with Gasteiger partial charge in [0.25, 0.3) is 5.91 Å². The summed E-state index contributed by atoms with van der Waals surface area (Å²) in [6.45, 7) is 0.648. The molecule has 7 nitrogen and oxygen atoms in total. The molecule has 1 amide bonds. The monoisotopic (exact) mass is 406 g/mol. The number of hydrogen-bond acceptors (Lipinski definition) is 5. The smallest absolute Gasteiger partial charge is 0.339 e. The van der Waals surface area contributed by atoms with Crippen molar-refractivity contribution in [3.05, 3.63) is 59.4 Å². The Morgan fingerprint density at radius 1 is 1.11 bits per heavy atom. The standard InChI is InChI=1S/C19H19FN2O5S/c1-27-19(24)14-6-2-3-7-16(14)21-18(23)13-8-9-15(20)17(12-13)28(25,26)22-10-4-5-11-22/h2-3,6-9,12H,4-5,10-11H2,1H3,(H,21,23). The van der Waals surface area contributed by atoms with E-state index in [1.54, 1.807) is 12.1 Å². The second-order valence-corrected chi connectivity index (χ2v) is 8.15. The molecule has 0 aromatic heterocycles. The Balaban J connectivity index is 1.91. The number of ether oxygens (including phenoxy) is 1. The highest BCUT2D eigenvalue weighted by Crippen LogP contribution is 2.25. The first-order chi connectivity index (χ1) is 13.3. The van der Waals surface area contributed by atoms with Crippen LogP contribution in [0.5, 0.6) is 0 Å². The molecule has 0 aliphatic carbocycles. The number of rotatable bonds is 5. The van der Waals surface area contributed by atoms with Gasteiger partial charge in [0.15, 0.2) is 0 Å². The van der Waals surface area contributed by atoms with Gasteiger partial charge >= 0.3 is 5.97 Å². The van der Waals surface area contributed by atoms with Crippen LogP contribution in [0, 0.1) is 5.82 Å². The number of nitrogens with zero attached hydrogens (tertiary/aromatic N) is 1. The second-order valence-electron chi connectivity index (χ2n) is 6.25. The molecule has 1 heterocycles. The maximum absolute atomic E-state index is 14.2. The van der Waals surface area contributed by atoms with Crippen molar-refractivity contribution in [1.29, 1.82) is 0 Å². The average molecular weight is 406 g/mol. The number of esters is 1. The predicted octanol–water partition coefficient (Wildman–Crippen LogP) is 2.65. The van der Waals surface area contributed by atoms with Crippen molar-refractivity contribution in [2.24, 2.45) is 0 Å². The van der Waals surface area contributed by atoms with E-state index >= 15 is 0 Å². The molecule has 0 atom stereocenters. The predicted molar refractivity (Wildman–Crippen MR) is 100 cm³/mol. The maximum atomic E-state index is 14.2. The maximum Gasteiger partial charge on any atom is 0.339 e. The van der Waals surface area contributed by atoms with Crippen molar-refractivity contribution < 1.29 is 27.1 Å². The van der Waals surface area contributed by atoms with E-state index in [0.29, 0.717) is 25.9 Å². The van der Waals surface area contributed by atoms with Gasteiger partial charge in [-0.2, -0.15) is 4.31 Å². The lowest BCUT2D eigenvalue weighted by Crippen LogP contribution is -2.29. The van der Waals surface area contributed by atoms with Crippen LogP contribution in [0.2, 0.25) is 0 Å². The first kappa shape index (κ1) is 20.0. The SMILES string of the molecule is COC(=O)c1ccccc1NC(=O)c1ccc(F)c(S(=O)(=O)N2CCCC2)c1. The highest BCUT2D eigenvalue weighted by Gasteiger charge is 2.30. The van der Waals surface area contributed by atoms with Crippen LogP contribution in [0.25, 0.3) is 0 Å². The fourth-order valence-corrected chi connectivity index (χ4v) is 4.59. The Labute approximate surface area is 162 Å². The summed E-state index contributed by atoms with van der Waals surface area (Å²) < 4.78 is 45.4. The molecular weight excluding hydrogens is 387 g/mol. The molecule has 2 aromatic rings. The van der Waals surface area contributed by atoms with Crippen molar-refractivity contribution in [1.82, 2.24) is 4.31 Å². The van der Waals surface area contributed by atoms with Crippen LogP contribution in [0.3, 0.4) is 0 Å². The van der Waals surface area contributed by atoms with Gasteiger partial charge in [-0.3, -0.25) is 4.79 Å². The number of halogens is 1. The van der Waals surface area contributed by atoms with Crippen molar-refractivity contribution >= 4 is 27.6 Å². The highest BCUT2D eigenvalue weighted by molar-refractivity contribution is 7.89. The van der Waals surface area contributed by atoms with Crippen molar-refractivity contribution in [3.8, 4) is 0 Å². The molecule has 1 N–H and O–H groups in total. The molecule has 0 radical (unpaired) electrons. The van der Waals surface area contributed by atoms with E-state index in [-0.39, 0.29) is 16.8 Å². The number of amides is 1. The van der Waals surface area contributed by atoms with E-state index in [4.69, 9.17) is 0 Å². The number of hydrogen-bond donors (Lipinski definition) is 1. The van der Waals surface area contributed by atoms with E-state index in [1.165, 1.54) is 29.6 Å². The van der Waals surface area contributed by atoms with Gasteiger partial charge in [0.05, 0.1) is 18.4 Å². The van der Waals surface area contributed by atoms with Gasteiger partial charge in [-0.25, -0.2) is 17.6 Å². The van der Waals surface area contributed by atoms with E-state index < -0.39 is 32.6 Å². The highest BCUT2D eigenvalue weighted by atomic mass is 32.2. The molecule has 2 aromatic carbocycles. The number of anilines is 1. The van der Waals surface area contributed by atoms with Crippen molar-refractivity contribution in [2.75, 3.05) is 25.5 Å². The summed E-state index contributed by atoms with van der Waals surface area (Å²) in [6, 6.07) is 9.37. The largest absolute Gasteiger partial charge is 0.465 e. The lowest BCUT2D eigenvalue weighted by molar-refractivity contribution is 0.0602. The zero-order chi connectivity index (χ0) is 20.3. The summed E-state index contributed by atoms with van der Waals surface area (Å²) in [5.74, 6) is -2.22. The van der Waals surface area contributed by atoms with Crippen LogP contribution in [-0.2, 0) is 14.8 Å². The molecule has 148 valence electrons. The lowest BCUT2D eigenvalue weighted by Gasteiger charge is -2.16. The van der Waals surface area contributed by atoms with Crippen molar-refractivity contribution in [2.45, 2.75) is 17.7 Å². The van der Waals surface area contributed by atoms with Crippen LogP contribution in [0.1, 0.15) is 33.6 Å². The summed E-state index contributed by atoms with van der Waals surface area (Å²) in [4.78, 5) is 23.9. The second kappa shape index (κ2) is 8.07. The topological polar surface area (TPSA) is 92.8 Å². The number of para-hydroxylation sites is 1. The van der Waals surface area contributed by atoms with Gasteiger partial charge in [0.2, 0.25) is 10.0 Å². The number of carbonyl (C=O) groups excluding carboxylic acids is 2. The number of methoxy groups -OCH3 is 1. The fourth-order valence-electron chi connectivity index (χ4n) is 2.98. The third-order valence-electron chi connectivity index (χ3n) is 4.46. The molecule has 1 fully saturated rings. The average Bonchev–Trinajstić information content (AvgIpc) is 3.23. The number of nitrogens with one attached hydrogen (secondary N) is 1. The summed E-state index contributed by atoms with van der Waals surface area (Å²) >= 11 is 0. The van der Waals surface area contributed by atoms with Gasteiger partial charge in [-0.15, -0.1) is 0 Å². The minimum absolute atomic E-state index is 0.0427. The summed E-state index contributed by atoms with van der Waals surface area (Å²) in [5, 5.41) is 2.54. The van der Waals surface area contributed by atoms with E-state index in [9.17, 15) is 22.4 Å². The molecule has 1 saturated heterocycles. The fraction of sp³-hybridized carbons (Fsp3) is 0.263. The Bertz CT molecular complexity index is 1020. The molecule has 1 aliphatic heterocycles. The van der Waals surface area contributed by atoms with Gasteiger partial charge < -0.3 is 10.1 Å². The quantitative estimate of drug-likeness (QED) is 0.771. The molecule has 28 heavy (non-hydrogen) atoms. The summed E-state index contributed by atoms with van der Waals surface area (Å²) in [6.07, 6.45) is 1.43. The van der Waals surface area contributed by atoms with E-state index in [2.05, 4.69) is 10.1 Å². The van der Waals surface area contributed by atoms with Crippen LogP contribution < -0.4 is 5.32 Å². The normalized spacial score (nSPS) is 14.6. The van der Waals surface area contributed by atoms with Gasteiger partial charge in [0, 0.05) is 18.7 Å². The first-order valence-corrected chi connectivity index (χ1v) is 10.1. The van der Waals surface area contributed by atoms with E-state index in [1.807, 2.05) is 0 Å². The van der Waals surface area contributed by atoms with Gasteiger partial charge in [-0.1, -0.05) is 12.1 Å². The third-order valence-corrected chi connectivity index (χ3v) is 6.37. The third kappa shape index (κ3) is 3.90. The lowest BCUT2D eigenvalue weighted by atomic mass is 10.1. The Morgan fingerprint density at radius 2 is 1.79 bits per heavy atom. The molecular formula is C19H19FN2O5S. The van der Waals surface area contributed by atoms with Crippen LogP contribution in [0.15, 0.2) is 47.4 Å². The molecule has 3 rings (SSSR count). The molecule has 1 aliphatic rings. The minimum atomic E-state index is -4.02. The molecule has 0 bridgehead atoms. The zero-order valence-electron chi connectivity index (χ0n) is 15.1. The van der Waals surface area contributed by atoms with Crippen LogP contribution in [-0.4, -0.2) is 44.8 Å². The van der Waals surface area contributed by atoms with Crippen LogP contribution >= 0.6 is 0 Å². The summed E-state index contributed by atoms with van der Waals surface area (Å²) in [7, 11) is -2.80. The molecule has 0 saturated carbocycles. The molecule has 0 unspecified atom stereocenters. The Morgan fingerprint density at radius 3 is 2.46 bits per heavy atom. The Hall–Kier alpha value is -2.78. The first-order valence-electron chi connectivity index (χ1n) is 8.63. The van der Waals surface area contributed by atoms with Gasteiger partial charge in [0.1, 0.15) is 10.7 Å². The van der Waals surface area contributed by atoms with Crippen molar-refractivity contribution in [3.63, 3.8) is 0 Å². The summed E-state index contributed by atoms with van der Waals surface area (Å²) in [5.41, 5.74) is 0.303. The zero-order valence-corrected chi connectivity index (χ0v) is 16.0. The molecule has 9 heteroatoms. The van der Waals surface area contributed by atoms with E-state index in [0.717, 1.165) is 12.1 Å².